The smallest absolute Gasteiger partial charge is 0.309 e. The number of carbonyl (C=O) groups excluding carboxylic acids is 2. The largest absolute Gasteiger partial charge is 0.348 e. The van der Waals surface area contributed by atoms with Crippen LogP contribution in [-0.4, -0.2) is 50.2 Å². The van der Waals surface area contributed by atoms with E-state index in [1.807, 2.05) is 37.3 Å². The molecule has 0 saturated carbocycles. The quantitative estimate of drug-likeness (QED) is 0.595. The van der Waals surface area contributed by atoms with Crippen LogP contribution in [0.4, 0.5) is 0 Å². The van der Waals surface area contributed by atoms with Gasteiger partial charge in [0.2, 0.25) is 10.0 Å². The van der Waals surface area contributed by atoms with E-state index in [4.69, 9.17) is 0 Å². The van der Waals surface area contributed by atoms with E-state index < -0.39 is 21.8 Å². The fourth-order valence-corrected chi connectivity index (χ4v) is 5.63. The van der Waals surface area contributed by atoms with Gasteiger partial charge in [-0.3, -0.25) is 9.59 Å². The van der Waals surface area contributed by atoms with E-state index in [0.29, 0.717) is 25.9 Å². The van der Waals surface area contributed by atoms with Crippen LogP contribution >= 0.6 is 0 Å². The van der Waals surface area contributed by atoms with Gasteiger partial charge >= 0.3 is 11.8 Å². The highest BCUT2D eigenvalue weighted by molar-refractivity contribution is 7.89. The molecule has 0 aliphatic carbocycles. The molecule has 0 bridgehead atoms. The van der Waals surface area contributed by atoms with E-state index in [1.54, 1.807) is 28.6 Å². The lowest BCUT2D eigenvalue weighted by atomic mass is 10.0. The maximum Gasteiger partial charge on any atom is 0.309 e. The lowest BCUT2D eigenvalue weighted by molar-refractivity contribution is -0.139. The number of sulfonamides is 1. The van der Waals surface area contributed by atoms with E-state index >= 15 is 0 Å². The molecule has 32 heavy (non-hydrogen) atoms. The number of hydrogen-bond donors (Lipinski definition) is 2. The van der Waals surface area contributed by atoms with Gasteiger partial charge in [-0.15, -0.1) is 0 Å². The topological polar surface area (TPSA) is 95.6 Å². The molecule has 0 unspecified atom stereocenters. The number of rotatable bonds is 8. The zero-order chi connectivity index (χ0) is 23.0. The Labute approximate surface area is 190 Å². The molecule has 0 spiro atoms. The van der Waals surface area contributed by atoms with Gasteiger partial charge in [0, 0.05) is 25.7 Å². The third-order valence-electron chi connectivity index (χ3n) is 5.71. The molecule has 1 aliphatic heterocycles. The Morgan fingerprint density at radius 3 is 2.28 bits per heavy atom. The second-order valence-electron chi connectivity index (χ2n) is 8.11. The Bertz CT molecular complexity index is 1010. The number of benzene rings is 2. The molecule has 172 valence electrons. The Balaban J connectivity index is 1.48. The van der Waals surface area contributed by atoms with Crippen LogP contribution in [0.3, 0.4) is 0 Å². The van der Waals surface area contributed by atoms with Crippen molar-refractivity contribution in [2.75, 3.05) is 19.6 Å². The lowest BCUT2D eigenvalue weighted by Crippen LogP contribution is -2.46. The number of amides is 2. The van der Waals surface area contributed by atoms with E-state index in [2.05, 4.69) is 10.6 Å². The van der Waals surface area contributed by atoms with Crippen LogP contribution in [0.15, 0.2) is 59.5 Å². The van der Waals surface area contributed by atoms with E-state index in [9.17, 15) is 18.0 Å². The van der Waals surface area contributed by atoms with Crippen LogP contribution in [0.25, 0.3) is 0 Å². The molecule has 2 N–H and O–H groups in total. The maximum absolute atomic E-state index is 13.1. The van der Waals surface area contributed by atoms with Crippen LogP contribution in [0.5, 0.6) is 0 Å². The van der Waals surface area contributed by atoms with Gasteiger partial charge in [0.25, 0.3) is 0 Å². The number of aryl methyl sites for hydroxylation is 1. The van der Waals surface area contributed by atoms with Crippen molar-refractivity contribution in [2.45, 2.75) is 50.0 Å². The van der Waals surface area contributed by atoms with Gasteiger partial charge in [0.1, 0.15) is 0 Å². The van der Waals surface area contributed by atoms with Gasteiger partial charge in [-0.2, -0.15) is 4.31 Å². The predicted octanol–water partition coefficient (Wildman–Crippen LogP) is 2.40. The van der Waals surface area contributed by atoms with Crippen molar-refractivity contribution in [1.82, 2.24) is 14.9 Å². The minimum absolute atomic E-state index is 0.198. The minimum atomic E-state index is -3.59. The summed E-state index contributed by atoms with van der Waals surface area (Å²) in [6.07, 6.45) is 3.61. The molecule has 1 saturated heterocycles. The molecule has 1 heterocycles. The molecule has 2 aromatic carbocycles. The molecule has 0 aromatic heterocycles. The second kappa shape index (κ2) is 11.2. The third-order valence-corrected chi connectivity index (χ3v) is 7.68. The molecule has 3 rings (SSSR count). The average Bonchev–Trinajstić information content (AvgIpc) is 2.80. The summed E-state index contributed by atoms with van der Waals surface area (Å²) in [4.78, 5) is 24.4. The molecule has 1 aliphatic rings. The molecule has 2 aromatic rings. The highest BCUT2D eigenvalue weighted by atomic mass is 32.2. The summed E-state index contributed by atoms with van der Waals surface area (Å²) in [7, 11) is -3.59. The minimum Gasteiger partial charge on any atom is -0.348 e. The van der Waals surface area contributed by atoms with Crippen molar-refractivity contribution in [1.29, 1.82) is 0 Å². The first-order chi connectivity index (χ1) is 15.4. The van der Waals surface area contributed by atoms with Crippen molar-refractivity contribution in [3.63, 3.8) is 0 Å². The predicted molar refractivity (Wildman–Crippen MR) is 123 cm³/mol. The molecule has 0 radical (unpaired) electrons. The first-order valence-electron chi connectivity index (χ1n) is 11.1. The molecular weight excluding hydrogens is 426 g/mol. The zero-order valence-electron chi connectivity index (χ0n) is 18.4. The first kappa shape index (κ1) is 23.9. The summed E-state index contributed by atoms with van der Waals surface area (Å²) < 4.78 is 27.8. The van der Waals surface area contributed by atoms with Gasteiger partial charge in [-0.1, -0.05) is 54.4 Å². The molecule has 2 amide bonds. The highest BCUT2D eigenvalue weighted by Crippen LogP contribution is 2.27. The average molecular weight is 458 g/mol. The Hall–Kier alpha value is -2.71. The number of nitrogens with zero attached hydrogens (tertiary/aromatic N) is 1. The second-order valence-corrected chi connectivity index (χ2v) is 10.0. The number of hydrogen-bond acceptors (Lipinski definition) is 4. The van der Waals surface area contributed by atoms with Crippen LogP contribution in [-0.2, 0) is 26.0 Å². The van der Waals surface area contributed by atoms with E-state index in [0.717, 1.165) is 30.4 Å². The van der Waals surface area contributed by atoms with E-state index in [1.165, 1.54) is 0 Å². The SMILES string of the molecule is Cc1ccc(S(=O)(=O)N2CCCC[C@H]2CCNC(=O)C(=O)NCCc2ccccc2)cc1. The summed E-state index contributed by atoms with van der Waals surface area (Å²) in [5.41, 5.74) is 2.09. The molecule has 1 atom stereocenters. The number of nitrogens with one attached hydrogen (secondary N) is 2. The molecular formula is C24H31N3O4S. The van der Waals surface area contributed by atoms with Crippen molar-refractivity contribution >= 4 is 21.8 Å². The summed E-state index contributed by atoms with van der Waals surface area (Å²) in [6, 6.07) is 16.4. The molecule has 7 nitrogen and oxygen atoms in total. The highest BCUT2D eigenvalue weighted by Gasteiger charge is 2.33. The number of piperidine rings is 1. The van der Waals surface area contributed by atoms with Gasteiger partial charge in [0.05, 0.1) is 4.90 Å². The molecule has 8 heteroatoms. The zero-order valence-corrected chi connectivity index (χ0v) is 19.2. The summed E-state index contributed by atoms with van der Waals surface area (Å²) in [5.74, 6) is -1.37. The van der Waals surface area contributed by atoms with Gasteiger partial charge in [-0.05, 0) is 50.3 Å². The summed E-state index contributed by atoms with van der Waals surface area (Å²) in [6.45, 7) is 3.01. The normalized spacial score (nSPS) is 17.0. The van der Waals surface area contributed by atoms with Crippen molar-refractivity contribution in [3.8, 4) is 0 Å². The van der Waals surface area contributed by atoms with Gasteiger partial charge < -0.3 is 10.6 Å². The maximum atomic E-state index is 13.1. The standard InChI is InChI=1S/C24H31N3O4S/c1-19-10-12-22(13-11-19)32(30,31)27-18-6-5-9-21(27)15-17-26-24(29)23(28)25-16-14-20-7-3-2-4-8-20/h2-4,7-8,10-13,21H,5-6,9,14-18H2,1H3,(H,25,28)(H,26,29)/t21-/m0/s1. The fourth-order valence-electron chi connectivity index (χ4n) is 3.90. The fraction of sp³-hybridized carbons (Fsp3) is 0.417. The summed E-state index contributed by atoms with van der Waals surface area (Å²) >= 11 is 0. The monoisotopic (exact) mass is 457 g/mol. The van der Waals surface area contributed by atoms with Crippen molar-refractivity contribution in [3.05, 3.63) is 65.7 Å². The van der Waals surface area contributed by atoms with Gasteiger partial charge in [-0.25, -0.2) is 8.42 Å². The lowest BCUT2D eigenvalue weighted by Gasteiger charge is -2.34. The Morgan fingerprint density at radius 2 is 1.59 bits per heavy atom. The van der Waals surface area contributed by atoms with Crippen LogP contribution < -0.4 is 10.6 Å². The molecule has 1 fully saturated rings. The Kier molecular flexibility index (Phi) is 8.41. The van der Waals surface area contributed by atoms with Crippen LogP contribution in [0, 0.1) is 6.92 Å². The van der Waals surface area contributed by atoms with E-state index in [-0.39, 0.29) is 17.5 Å². The van der Waals surface area contributed by atoms with Crippen LogP contribution in [0.1, 0.15) is 36.8 Å². The number of carbonyl (C=O) groups is 2. The van der Waals surface area contributed by atoms with Crippen molar-refractivity contribution < 1.29 is 18.0 Å². The van der Waals surface area contributed by atoms with Crippen LogP contribution in [0.2, 0.25) is 0 Å². The van der Waals surface area contributed by atoms with Gasteiger partial charge in [0.15, 0.2) is 0 Å². The van der Waals surface area contributed by atoms with Crippen molar-refractivity contribution in [2.24, 2.45) is 0 Å². The summed E-state index contributed by atoms with van der Waals surface area (Å²) in [5, 5.41) is 5.25. The first-order valence-corrected chi connectivity index (χ1v) is 12.5. The Morgan fingerprint density at radius 1 is 0.938 bits per heavy atom. The third kappa shape index (κ3) is 6.40.